The zero-order chi connectivity index (χ0) is 27.6. The minimum atomic E-state index is -4.64. The Morgan fingerprint density at radius 3 is 2.32 bits per heavy atom. The summed E-state index contributed by atoms with van der Waals surface area (Å²) in [6.07, 6.45) is -4.27. The zero-order valence-corrected chi connectivity index (χ0v) is 21.7. The molecule has 1 fully saturated rings. The third kappa shape index (κ3) is 4.15. The molecule has 5 rings (SSSR count). The number of ether oxygens (including phenoxy) is 1. The molecule has 7 nitrogen and oxygen atoms in total. The number of hydrogen-bond acceptors (Lipinski definition) is 4. The van der Waals surface area contributed by atoms with Crippen molar-refractivity contribution in [3.63, 3.8) is 0 Å². The van der Waals surface area contributed by atoms with Crippen LogP contribution in [0, 0.1) is 12.7 Å². The molecule has 3 heterocycles. The SMILES string of the molecule is Cc1cc(C(=O)N2CCC3(CC2)Oc2cc(F)ccc2-n2c(C(F)(F)F)ccc23)ccc1S(=O)(=O)N(C)C. The Labute approximate surface area is 217 Å². The van der Waals surface area contributed by atoms with Crippen molar-refractivity contribution in [2.24, 2.45) is 0 Å². The van der Waals surface area contributed by atoms with Crippen LogP contribution in [0.25, 0.3) is 5.69 Å². The molecule has 0 aliphatic carbocycles. The van der Waals surface area contributed by atoms with Gasteiger partial charge in [0.25, 0.3) is 5.91 Å². The number of nitrogens with zero attached hydrogens (tertiary/aromatic N) is 3. The maximum absolute atomic E-state index is 14.0. The predicted molar refractivity (Wildman–Crippen MR) is 130 cm³/mol. The van der Waals surface area contributed by atoms with Gasteiger partial charge in [0.05, 0.1) is 16.3 Å². The van der Waals surface area contributed by atoms with E-state index >= 15 is 0 Å². The number of carbonyl (C=O) groups excluding carboxylic acids is 1. The Morgan fingerprint density at radius 2 is 1.71 bits per heavy atom. The van der Waals surface area contributed by atoms with E-state index in [1.54, 1.807) is 11.8 Å². The molecule has 2 aliphatic heterocycles. The Hall–Kier alpha value is -3.38. The molecular formula is C26H25F4N3O4S. The first-order chi connectivity index (χ1) is 17.7. The zero-order valence-electron chi connectivity index (χ0n) is 20.8. The van der Waals surface area contributed by atoms with E-state index in [2.05, 4.69) is 0 Å². The summed E-state index contributed by atoms with van der Waals surface area (Å²) in [5, 5.41) is 0. The number of aryl methyl sites for hydroxylation is 1. The number of likely N-dealkylation sites (tertiary alicyclic amines) is 1. The topological polar surface area (TPSA) is 71.8 Å². The number of rotatable bonds is 3. The van der Waals surface area contributed by atoms with Gasteiger partial charge >= 0.3 is 6.18 Å². The molecule has 3 aromatic rings. The van der Waals surface area contributed by atoms with Crippen molar-refractivity contribution >= 4 is 15.9 Å². The first-order valence-corrected chi connectivity index (χ1v) is 13.3. The monoisotopic (exact) mass is 551 g/mol. The normalized spacial score (nSPS) is 16.8. The van der Waals surface area contributed by atoms with Gasteiger partial charge in [0.1, 0.15) is 17.3 Å². The van der Waals surface area contributed by atoms with Gasteiger partial charge in [-0.2, -0.15) is 13.2 Å². The van der Waals surface area contributed by atoms with E-state index in [4.69, 9.17) is 4.74 Å². The van der Waals surface area contributed by atoms with Crippen molar-refractivity contribution in [2.75, 3.05) is 27.2 Å². The number of benzene rings is 2. The van der Waals surface area contributed by atoms with Gasteiger partial charge in [-0.3, -0.25) is 4.79 Å². The molecule has 0 radical (unpaired) electrons. The molecule has 1 amide bonds. The molecule has 1 aromatic heterocycles. The molecule has 1 saturated heterocycles. The van der Waals surface area contributed by atoms with Gasteiger partial charge in [0.2, 0.25) is 10.0 Å². The van der Waals surface area contributed by atoms with E-state index in [0.29, 0.717) is 16.8 Å². The maximum atomic E-state index is 14.0. The van der Waals surface area contributed by atoms with Gasteiger partial charge in [-0.25, -0.2) is 17.1 Å². The maximum Gasteiger partial charge on any atom is 0.431 e. The number of piperidine rings is 1. The molecule has 38 heavy (non-hydrogen) atoms. The number of carbonyl (C=O) groups is 1. The van der Waals surface area contributed by atoms with Crippen LogP contribution in [0.15, 0.2) is 53.4 Å². The second-order valence-corrected chi connectivity index (χ2v) is 11.8. The van der Waals surface area contributed by atoms with Gasteiger partial charge in [-0.1, -0.05) is 0 Å². The van der Waals surface area contributed by atoms with Crippen LogP contribution in [0.4, 0.5) is 17.6 Å². The smallest absolute Gasteiger partial charge is 0.431 e. The summed E-state index contributed by atoms with van der Waals surface area (Å²) in [6, 6.07) is 10.1. The Balaban J connectivity index is 1.43. The quantitative estimate of drug-likeness (QED) is 0.442. The lowest BCUT2D eigenvalue weighted by atomic mass is 9.86. The largest absolute Gasteiger partial charge is 0.479 e. The average molecular weight is 552 g/mol. The fourth-order valence-corrected chi connectivity index (χ4v) is 6.27. The molecule has 0 atom stereocenters. The van der Waals surface area contributed by atoms with E-state index in [0.717, 1.165) is 27.1 Å². The van der Waals surface area contributed by atoms with Crippen LogP contribution in [0.1, 0.15) is 40.2 Å². The number of halogens is 4. The van der Waals surface area contributed by atoms with Crippen molar-refractivity contribution in [2.45, 2.75) is 36.4 Å². The van der Waals surface area contributed by atoms with Gasteiger partial charge < -0.3 is 14.2 Å². The van der Waals surface area contributed by atoms with E-state index < -0.39 is 33.3 Å². The highest BCUT2D eigenvalue weighted by Gasteiger charge is 2.48. The molecule has 0 unspecified atom stereocenters. The lowest BCUT2D eigenvalue weighted by Crippen LogP contribution is -2.50. The van der Waals surface area contributed by atoms with Crippen LogP contribution >= 0.6 is 0 Å². The van der Waals surface area contributed by atoms with Gasteiger partial charge in [-0.05, 0) is 55.0 Å². The van der Waals surface area contributed by atoms with Crippen molar-refractivity contribution in [1.29, 1.82) is 0 Å². The fraction of sp³-hybridized carbons (Fsp3) is 0.346. The Morgan fingerprint density at radius 1 is 1.03 bits per heavy atom. The first kappa shape index (κ1) is 26.2. The second kappa shape index (κ2) is 8.84. The Kier molecular flexibility index (Phi) is 6.10. The number of amides is 1. The van der Waals surface area contributed by atoms with Crippen molar-refractivity contribution < 1.29 is 35.5 Å². The van der Waals surface area contributed by atoms with E-state index in [9.17, 15) is 30.8 Å². The molecule has 0 N–H and O–H groups in total. The number of sulfonamides is 1. The van der Waals surface area contributed by atoms with E-state index in [1.165, 1.54) is 44.4 Å². The summed E-state index contributed by atoms with van der Waals surface area (Å²) in [7, 11) is -0.831. The van der Waals surface area contributed by atoms with Gasteiger partial charge in [0, 0.05) is 51.7 Å². The highest BCUT2D eigenvalue weighted by Crippen LogP contribution is 2.48. The number of aromatic nitrogens is 1. The summed E-state index contributed by atoms with van der Waals surface area (Å²) in [5.41, 5.74) is -0.942. The van der Waals surface area contributed by atoms with Crippen molar-refractivity contribution in [3.05, 3.63) is 76.9 Å². The van der Waals surface area contributed by atoms with Crippen LogP contribution in [0.3, 0.4) is 0 Å². The predicted octanol–water partition coefficient (Wildman–Crippen LogP) is 4.72. The lowest BCUT2D eigenvalue weighted by Gasteiger charge is -2.45. The first-order valence-electron chi connectivity index (χ1n) is 11.9. The van der Waals surface area contributed by atoms with Gasteiger partial charge in [-0.15, -0.1) is 0 Å². The summed E-state index contributed by atoms with van der Waals surface area (Å²) in [5.74, 6) is -0.955. The van der Waals surface area contributed by atoms with Gasteiger partial charge in [0.15, 0.2) is 5.60 Å². The second-order valence-electron chi connectivity index (χ2n) is 9.71. The highest BCUT2D eigenvalue weighted by molar-refractivity contribution is 7.89. The standard InChI is InChI=1S/C26H25F4N3O4S/c1-16-14-17(4-7-21(16)38(35,36)31(2)3)24(34)32-12-10-25(11-13-32)22-8-9-23(26(28,29)30)33(22)19-6-5-18(27)15-20(19)37-25/h4-9,14-15H,10-13H2,1-3H3. The molecule has 1 spiro atoms. The minimum Gasteiger partial charge on any atom is -0.479 e. The van der Waals surface area contributed by atoms with Crippen LogP contribution in [-0.2, 0) is 21.8 Å². The Bertz CT molecular complexity index is 1540. The third-order valence-corrected chi connectivity index (χ3v) is 9.12. The highest BCUT2D eigenvalue weighted by atomic mass is 32.2. The minimum absolute atomic E-state index is 0.00675. The number of hydrogen-bond donors (Lipinski definition) is 0. The summed E-state index contributed by atoms with van der Waals surface area (Å²) in [6.45, 7) is 1.96. The van der Waals surface area contributed by atoms with Crippen molar-refractivity contribution in [3.8, 4) is 11.4 Å². The summed E-state index contributed by atoms with van der Waals surface area (Å²) < 4.78 is 88.9. The van der Waals surface area contributed by atoms with E-state index in [1.807, 2.05) is 0 Å². The molecule has 2 aliphatic rings. The van der Waals surface area contributed by atoms with Crippen LogP contribution in [0.5, 0.6) is 5.75 Å². The molecule has 0 saturated carbocycles. The van der Waals surface area contributed by atoms with E-state index in [-0.39, 0.29) is 48.2 Å². The van der Waals surface area contributed by atoms with Crippen LogP contribution in [-0.4, -0.2) is 55.3 Å². The summed E-state index contributed by atoms with van der Waals surface area (Å²) >= 11 is 0. The molecular weight excluding hydrogens is 526 g/mol. The average Bonchev–Trinajstić information content (AvgIpc) is 3.31. The molecule has 0 bridgehead atoms. The third-order valence-electron chi connectivity index (χ3n) is 7.15. The summed E-state index contributed by atoms with van der Waals surface area (Å²) in [4.78, 5) is 14.9. The van der Waals surface area contributed by atoms with Crippen molar-refractivity contribution in [1.82, 2.24) is 13.8 Å². The molecule has 2 aromatic carbocycles. The van der Waals surface area contributed by atoms with Crippen LogP contribution in [0.2, 0.25) is 0 Å². The number of fused-ring (bicyclic) bond motifs is 4. The molecule has 202 valence electrons. The van der Waals surface area contributed by atoms with Crippen LogP contribution < -0.4 is 4.74 Å². The lowest BCUT2D eigenvalue weighted by molar-refractivity contribution is -0.143. The molecule has 12 heteroatoms. The number of alkyl halides is 3. The fourth-order valence-electron chi connectivity index (χ4n) is 5.17.